The smallest absolute Gasteiger partial charge is 0.110 e. The lowest BCUT2D eigenvalue weighted by Crippen LogP contribution is -2.54. The first-order chi connectivity index (χ1) is 7.69. The Kier molecular flexibility index (Phi) is 6.32. The highest BCUT2D eigenvalue weighted by Gasteiger charge is 2.41. The molecule has 4 unspecified atom stereocenters. The summed E-state index contributed by atoms with van der Waals surface area (Å²) in [5.41, 5.74) is 0. The normalized spacial score (nSPS) is 31.1. The summed E-state index contributed by atoms with van der Waals surface area (Å²) in [6.07, 6.45) is 3.83. The van der Waals surface area contributed by atoms with Crippen molar-refractivity contribution in [3.63, 3.8) is 0 Å². The summed E-state index contributed by atoms with van der Waals surface area (Å²) in [5.74, 6) is 0.606. The van der Waals surface area contributed by atoms with E-state index in [9.17, 15) is 5.11 Å². The number of rotatable bonds is 8. The van der Waals surface area contributed by atoms with Gasteiger partial charge in [-0.05, 0) is 18.8 Å². The van der Waals surface area contributed by atoms with Crippen LogP contribution in [0, 0.1) is 5.92 Å². The van der Waals surface area contributed by atoms with Gasteiger partial charge in [0.25, 0.3) is 0 Å². The Bertz CT molecular complexity index is 184. The molecule has 96 valence electrons. The Labute approximate surface area is 99.1 Å². The summed E-state index contributed by atoms with van der Waals surface area (Å²) in [4.78, 5) is 0. The van der Waals surface area contributed by atoms with Crippen molar-refractivity contribution < 1.29 is 14.6 Å². The number of aliphatic hydroxyl groups excluding tert-OH is 1. The van der Waals surface area contributed by atoms with Crippen molar-refractivity contribution in [1.82, 2.24) is 0 Å². The molecular formula is C13H26O3. The molecule has 0 amide bonds. The van der Waals surface area contributed by atoms with Crippen molar-refractivity contribution in [3.05, 3.63) is 0 Å². The van der Waals surface area contributed by atoms with Crippen molar-refractivity contribution >= 4 is 0 Å². The summed E-state index contributed by atoms with van der Waals surface area (Å²) >= 11 is 0. The second-order valence-electron chi connectivity index (χ2n) is 4.90. The summed E-state index contributed by atoms with van der Waals surface area (Å²) in [5, 5.41) is 9.57. The van der Waals surface area contributed by atoms with Gasteiger partial charge in [0.05, 0.1) is 12.2 Å². The van der Waals surface area contributed by atoms with E-state index in [0.717, 1.165) is 19.4 Å². The minimum absolute atomic E-state index is 0.0891. The van der Waals surface area contributed by atoms with Gasteiger partial charge in [0.1, 0.15) is 6.10 Å². The average molecular weight is 230 g/mol. The maximum absolute atomic E-state index is 9.57. The van der Waals surface area contributed by atoms with E-state index in [4.69, 9.17) is 9.47 Å². The van der Waals surface area contributed by atoms with E-state index in [1.54, 1.807) is 0 Å². The SMILES string of the molecule is CCCOC1C(O)CC1OCC(C)CCC. The van der Waals surface area contributed by atoms with Crippen LogP contribution in [0.2, 0.25) is 0 Å². The van der Waals surface area contributed by atoms with E-state index in [-0.39, 0.29) is 18.3 Å². The summed E-state index contributed by atoms with van der Waals surface area (Å²) in [7, 11) is 0. The van der Waals surface area contributed by atoms with Crippen LogP contribution in [0.5, 0.6) is 0 Å². The van der Waals surface area contributed by atoms with Crippen LogP contribution in [0.4, 0.5) is 0 Å². The first-order valence-corrected chi connectivity index (χ1v) is 6.60. The second kappa shape index (κ2) is 7.25. The Balaban J connectivity index is 2.16. The lowest BCUT2D eigenvalue weighted by Gasteiger charge is -2.41. The highest BCUT2D eigenvalue weighted by atomic mass is 16.6. The standard InChI is InChI=1S/C13H26O3/c1-4-6-10(3)9-16-12-8-11(14)13(12)15-7-5-2/h10-14H,4-9H2,1-3H3. The van der Waals surface area contributed by atoms with E-state index < -0.39 is 0 Å². The molecule has 0 spiro atoms. The van der Waals surface area contributed by atoms with Crippen LogP contribution in [0.3, 0.4) is 0 Å². The summed E-state index contributed by atoms with van der Waals surface area (Å²) in [6, 6.07) is 0. The monoisotopic (exact) mass is 230 g/mol. The van der Waals surface area contributed by atoms with Crippen LogP contribution in [-0.4, -0.2) is 36.6 Å². The quantitative estimate of drug-likeness (QED) is 0.695. The van der Waals surface area contributed by atoms with Crippen molar-refractivity contribution in [2.75, 3.05) is 13.2 Å². The molecule has 1 fully saturated rings. The first kappa shape index (κ1) is 13.9. The first-order valence-electron chi connectivity index (χ1n) is 6.60. The molecule has 16 heavy (non-hydrogen) atoms. The molecule has 0 radical (unpaired) electrons. The van der Waals surface area contributed by atoms with Crippen molar-refractivity contribution in [2.24, 2.45) is 5.92 Å². The molecule has 0 aromatic carbocycles. The van der Waals surface area contributed by atoms with Crippen molar-refractivity contribution in [3.8, 4) is 0 Å². The van der Waals surface area contributed by atoms with E-state index in [0.29, 0.717) is 12.5 Å². The topological polar surface area (TPSA) is 38.7 Å². The molecule has 1 aliphatic carbocycles. The fourth-order valence-electron chi connectivity index (χ4n) is 2.06. The van der Waals surface area contributed by atoms with Gasteiger partial charge >= 0.3 is 0 Å². The molecular weight excluding hydrogens is 204 g/mol. The van der Waals surface area contributed by atoms with Gasteiger partial charge in [0, 0.05) is 19.6 Å². The Morgan fingerprint density at radius 1 is 1.25 bits per heavy atom. The number of ether oxygens (including phenoxy) is 2. The fourth-order valence-corrected chi connectivity index (χ4v) is 2.06. The maximum atomic E-state index is 9.57. The minimum atomic E-state index is -0.321. The van der Waals surface area contributed by atoms with E-state index in [2.05, 4.69) is 20.8 Å². The highest BCUT2D eigenvalue weighted by Crippen LogP contribution is 2.28. The molecule has 0 aromatic rings. The third-order valence-corrected chi connectivity index (χ3v) is 3.11. The number of hydrogen-bond acceptors (Lipinski definition) is 3. The van der Waals surface area contributed by atoms with E-state index >= 15 is 0 Å². The molecule has 3 heteroatoms. The highest BCUT2D eigenvalue weighted by molar-refractivity contribution is 4.92. The number of aliphatic hydroxyl groups is 1. The van der Waals surface area contributed by atoms with Crippen LogP contribution < -0.4 is 0 Å². The molecule has 0 aromatic heterocycles. The van der Waals surface area contributed by atoms with Crippen LogP contribution in [-0.2, 0) is 9.47 Å². The van der Waals surface area contributed by atoms with Gasteiger partial charge in [-0.3, -0.25) is 0 Å². The van der Waals surface area contributed by atoms with Gasteiger partial charge in [-0.15, -0.1) is 0 Å². The predicted molar refractivity (Wildman–Crippen MR) is 64.5 cm³/mol. The molecule has 0 heterocycles. The van der Waals surface area contributed by atoms with Crippen LogP contribution in [0.1, 0.15) is 46.5 Å². The molecule has 0 bridgehead atoms. The van der Waals surface area contributed by atoms with Gasteiger partial charge in [0.2, 0.25) is 0 Å². The molecule has 1 rings (SSSR count). The molecule has 0 saturated heterocycles. The average Bonchev–Trinajstić information content (AvgIpc) is 2.24. The van der Waals surface area contributed by atoms with Gasteiger partial charge < -0.3 is 14.6 Å². The second-order valence-corrected chi connectivity index (χ2v) is 4.90. The lowest BCUT2D eigenvalue weighted by molar-refractivity contribution is -0.195. The molecule has 0 aliphatic heterocycles. The fraction of sp³-hybridized carbons (Fsp3) is 1.00. The Morgan fingerprint density at radius 2 is 2.00 bits per heavy atom. The van der Waals surface area contributed by atoms with Crippen LogP contribution in [0.25, 0.3) is 0 Å². The Hall–Kier alpha value is -0.120. The molecule has 4 atom stereocenters. The zero-order chi connectivity index (χ0) is 12.0. The Morgan fingerprint density at radius 3 is 2.56 bits per heavy atom. The zero-order valence-electron chi connectivity index (χ0n) is 10.8. The molecule has 1 aliphatic rings. The van der Waals surface area contributed by atoms with E-state index in [1.165, 1.54) is 12.8 Å². The zero-order valence-corrected chi connectivity index (χ0v) is 10.8. The molecule has 3 nitrogen and oxygen atoms in total. The van der Waals surface area contributed by atoms with Gasteiger partial charge in [0.15, 0.2) is 0 Å². The van der Waals surface area contributed by atoms with Crippen LogP contribution >= 0.6 is 0 Å². The largest absolute Gasteiger partial charge is 0.390 e. The lowest BCUT2D eigenvalue weighted by atomic mass is 9.88. The van der Waals surface area contributed by atoms with Crippen molar-refractivity contribution in [2.45, 2.75) is 64.8 Å². The summed E-state index contributed by atoms with van der Waals surface area (Å²) < 4.78 is 11.4. The third kappa shape index (κ3) is 4.04. The van der Waals surface area contributed by atoms with Gasteiger partial charge in [-0.2, -0.15) is 0 Å². The molecule has 1 saturated carbocycles. The number of hydrogen-bond donors (Lipinski definition) is 1. The maximum Gasteiger partial charge on any atom is 0.110 e. The third-order valence-electron chi connectivity index (χ3n) is 3.11. The van der Waals surface area contributed by atoms with E-state index in [1.807, 2.05) is 0 Å². The van der Waals surface area contributed by atoms with Gasteiger partial charge in [-0.25, -0.2) is 0 Å². The van der Waals surface area contributed by atoms with Gasteiger partial charge in [-0.1, -0.05) is 27.2 Å². The summed E-state index contributed by atoms with van der Waals surface area (Å²) in [6.45, 7) is 7.98. The molecule has 1 N–H and O–H groups in total. The minimum Gasteiger partial charge on any atom is -0.390 e. The van der Waals surface area contributed by atoms with Crippen molar-refractivity contribution in [1.29, 1.82) is 0 Å². The predicted octanol–water partition coefficient (Wildman–Crippen LogP) is 2.37. The van der Waals surface area contributed by atoms with Crippen LogP contribution in [0.15, 0.2) is 0 Å².